The lowest BCUT2D eigenvalue weighted by Crippen LogP contribution is -2.42. The first-order valence-electron chi connectivity index (χ1n) is 8.55. The molecule has 0 bridgehead atoms. The lowest BCUT2D eigenvalue weighted by Gasteiger charge is -2.30. The van der Waals surface area contributed by atoms with Crippen LogP contribution in [0.5, 0.6) is 0 Å². The Balaban J connectivity index is 1.62. The number of sulfone groups is 1. The SMILES string of the molecule is CCN(C(=O)C[C@H]1CCc2ccccc2C1)[C@@H]1CCS(=O)(=O)C1. The number of carbonyl (C=O) groups excluding carboxylic acids is 1. The molecule has 1 saturated heterocycles. The number of carbonyl (C=O) groups is 1. The Kier molecular flexibility index (Phi) is 4.76. The minimum Gasteiger partial charge on any atom is -0.339 e. The maximum atomic E-state index is 12.7. The summed E-state index contributed by atoms with van der Waals surface area (Å²) in [6, 6.07) is 8.35. The van der Waals surface area contributed by atoms with E-state index in [2.05, 4.69) is 24.3 Å². The average molecular weight is 335 g/mol. The van der Waals surface area contributed by atoms with E-state index in [9.17, 15) is 13.2 Å². The number of fused-ring (bicyclic) bond motifs is 1. The Bertz CT molecular complexity index is 683. The van der Waals surface area contributed by atoms with Gasteiger partial charge in [-0.05, 0) is 49.7 Å². The molecule has 0 N–H and O–H groups in total. The largest absolute Gasteiger partial charge is 0.339 e. The van der Waals surface area contributed by atoms with Crippen molar-refractivity contribution in [3.05, 3.63) is 35.4 Å². The Morgan fingerprint density at radius 1 is 1.22 bits per heavy atom. The molecule has 1 aromatic rings. The van der Waals surface area contributed by atoms with Crippen LogP contribution < -0.4 is 0 Å². The van der Waals surface area contributed by atoms with E-state index in [0.29, 0.717) is 25.3 Å². The third-order valence-corrected chi connectivity index (χ3v) is 6.97. The Morgan fingerprint density at radius 3 is 2.61 bits per heavy atom. The van der Waals surface area contributed by atoms with Crippen LogP contribution in [0.1, 0.15) is 37.3 Å². The Labute approximate surface area is 138 Å². The van der Waals surface area contributed by atoms with Gasteiger partial charge in [-0.15, -0.1) is 0 Å². The third-order valence-electron chi connectivity index (χ3n) is 5.22. The summed E-state index contributed by atoms with van der Waals surface area (Å²) in [4.78, 5) is 14.5. The quantitative estimate of drug-likeness (QED) is 0.848. The summed E-state index contributed by atoms with van der Waals surface area (Å²) in [5, 5.41) is 0. The van der Waals surface area contributed by atoms with Gasteiger partial charge in [-0.3, -0.25) is 4.79 Å². The smallest absolute Gasteiger partial charge is 0.223 e. The van der Waals surface area contributed by atoms with Crippen molar-refractivity contribution < 1.29 is 13.2 Å². The van der Waals surface area contributed by atoms with Crippen molar-refractivity contribution in [2.75, 3.05) is 18.1 Å². The molecule has 1 fully saturated rings. The highest BCUT2D eigenvalue weighted by molar-refractivity contribution is 7.91. The molecule has 0 aromatic heterocycles. The van der Waals surface area contributed by atoms with Gasteiger partial charge in [0.15, 0.2) is 9.84 Å². The van der Waals surface area contributed by atoms with Gasteiger partial charge in [-0.1, -0.05) is 24.3 Å². The summed E-state index contributed by atoms with van der Waals surface area (Å²) in [6.07, 6.45) is 4.18. The van der Waals surface area contributed by atoms with E-state index < -0.39 is 9.84 Å². The molecule has 3 rings (SSSR count). The number of amides is 1. The summed E-state index contributed by atoms with van der Waals surface area (Å²) >= 11 is 0. The molecule has 1 amide bonds. The number of aryl methyl sites for hydroxylation is 1. The normalized spacial score (nSPS) is 25.8. The van der Waals surface area contributed by atoms with Crippen LogP contribution in [0.2, 0.25) is 0 Å². The van der Waals surface area contributed by atoms with E-state index in [0.717, 1.165) is 19.3 Å². The van der Waals surface area contributed by atoms with Gasteiger partial charge in [0, 0.05) is 19.0 Å². The first-order valence-corrected chi connectivity index (χ1v) is 10.4. The maximum Gasteiger partial charge on any atom is 0.223 e. The van der Waals surface area contributed by atoms with Crippen molar-refractivity contribution in [2.45, 2.75) is 45.1 Å². The summed E-state index contributed by atoms with van der Waals surface area (Å²) in [7, 11) is -2.95. The van der Waals surface area contributed by atoms with E-state index in [1.54, 1.807) is 4.90 Å². The van der Waals surface area contributed by atoms with Crippen LogP contribution in [0, 0.1) is 5.92 Å². The molecular weight excluding hydrogens is 310 g/mol. The fraction of sp³-hybridized carbons (Fsp3) is 0.611. The van der Waals surface area contributed by atoms with Crippen LogP contribution in [-0.2, 0) is 27.5 Å². The molecule has 2 aliphatic rings. The van der Waals surface area contributed by atoms with Crippen molar-refractivity contribution in [3.63, 3.8) is 0 Å². The summed E-state index contributed by atoms with van der Waals surface area (Å²) in [5.74, 6) is 0.863. The molecule has 1 aliphatic carbocycles. The van der Waals surface area contributed by atoms with Crippen LogP contribution in [0.25, 0.3) is 0 Å². The first kappa shape index (κ1) is 16.5. The van der Waals surface area contributed by atoms with Crippen molar-refractivity contribution in [1.29, 1.82) is 0 Å². The third kappa shape index (κ3) is 3.77. The molecule has 126 valence electrons. The predicted molar refractivity (Wildman–Crippen MR) is 91.0 cm³/mol. The van der Waals surface area contributed by atoms with Gasteiger partial charge >= 0.3 is 0 Å². The second-order valence-corrected chi connectivity index (χ2v) is 9.05. The first-order chi connectivity index (χ1) is 11.0. The molecule has 4 nitrogen and oxygen atoms in total. The number of hydrogen-bond donors (Lipinski definition) is 0. The minimum atomic E-state index is -2.95. The zero-order valence-corrected chi connectivity index (χ0v) is 14.5. The molecule has 0 spiro atoms. The van der Waals surface area contributed by atoms with Crippen molar-refractivity contribution in [2.24, 2.45) is 5.92 Å². The minimum absolute atomic E-state index is 0.117. The van der Waals surface area contributed by atoms with Crippen LogP contribution in [0.3, 0.4) is 0 Å². The zero-order chi connectivity index (χ0) is 16.4. The lowest BCUT2D eigenvalue weighted by molar-refractivity contribution is -0.133. The van der Waals surface area contributed by atoms with Gasteiger partial charge in [0.05, 0.1) is 11.5 Å². The van der Waals surface area contributed by atoms with Crippen LogP contribution >= 0.6 is 0 Å². The Hall–Kier alpha value is -1.36. The summed E-state index contributed by atoms with van der Waals surface area (Å²) in [5.41, 5.74) is 2.77. The van der Waals surface area contributed by atoms with Crippen LogP contribution in [-0.4, -0.2) is 43.3 Å². The van der Waals surface area contributed by atoms with E-state index in [1.165, 1.54) is 11.1 Å². The molecule has 1 aliphatic heterocycles. The standard InChI is InChI=1S/C18H25NO3S/c1-2-19(17-9-10-23(21,22)13-17)18(20)12-14-7-8-15-5-3-4-6-16(15)11-14/h3-6,14,17H,2,7-13H2,1H3/t14-,17+/m0/s1. The maximum absolute atomic E-state index is 12.7. The van der Waals surface area contributed by atoms with E-state index in [-0.39, 0.29) is 23.5 Å². The molecular formula is C18H25NO3S. The molecule has 5 heteroatoms. The van der Waals surface area contributed by atoms with Crippen LogP contribution in [0.4, 0.5) is 0 Å². The molecule has 1 heterocycles. The molecule has 2 atom stereocenters. The zero-order valence-electron chi connectivity index (χ0n) is 13.7. The molecule has 23 heavy (non-hydrogen) atoms. The average Bonchev–Trinajstić information content (AvgIpc) is 2.87. The van der Waals surface area contributed by atoms with Gasteiger partial charge in [-0.2, -0.15) is 0 Å². The summed E-state index contributed by atoms with van der Waals surface area (Å²) in [6.45, 7) is 2.54. The van der Waals surface area contributed by atoms with Gasteiger partial charge in [0.2, 0.25) is 5.91 Å². The monoisotopic (exact) mass is 335 g/mol. The predicted octanol–water partition coefficient (Wildman–Crippen LogP) is 2.22. The Morgan fingerprint density at radius 2 is 1.96 bits per heavy atom. The number of rotatable bonds is 4. The lowest BCUT2D eigenvalue weighted by atomic mass is 9.82. The fourth-order valence-electron chi connectivity index (χ4n) is 3.97. The van der Waals surface area contributed by atoms with Gasteiger partial charge in [0.1, 0.15) is 0 Å². The molecule has 0 saturated carbocycles. The molecule has 0 radical (unpaired) electrons. The molecule has 1 aromatic carbocycles. The van der Waals surface area contributed by atoms with E-state index >= 15 is 0 Å². The van der Waals surface area contributed by atoms with Gasteiger partial charge in [0.25, 0.3) is 0 Å². The number of benzene rings is 1. The second-order valence-electron chi connectivity index (χ2n) is 6.82. The highest BCUT2D eigenvalue weighted by Gasteiger charge is 2.34. The molecule has 0 unspecified atom stereocenters. The summed E-state index contributed by atoms with van der Waals surface area (Å²) < 4.78 is 23.3. The number of nitrogens with zero attached hydrogens (tertiary/aromatic N) is 1. The number of hydrogen-bond acceptors (Lipinski definition) is 3. The topological polar surface area (TPSA) is 54.5 Å². The highest BCUT2D eigenvalue weighted by Crippen LogP contribution is 2.28. The van der Waals surface area contributed by atoms with E-state index in [4.69, 9.17) is 0 Å². The second kappa shape index (κ2) is 6.63. The van der Waals surface area contributed by atoms with Crippen molar-refractivity contribution in [3.8, 4) is 0 Å². The van der Waals surface area contributed by atoms with E-state index in [1.807, 2.05) is 6.92 Å². The van der Waals surface area contributed by atoms with Gasteiger partial charge in [-0.25, -0.2) is 8.42 Å². The highest BCUT2D eigenvalue weighted by atomic mass is 32.2. The van der Waals surface area contributed by atoms with Crippen molar-refractivity contribution >= 4 is 15.7 Å². The van der Waals surface area contributed by atoms with Crippen molar-refractivity contribution in [1.82, 2.24) is 4.90 Å². The fourth-order valence-corrected chi connectivity index (χ4v) is 5.70. The van der Waals surface area contributed by atoms with Crippen LogP contribution in [0.15, 0.2) is 24.3 Å². The van der Waals surface area contributed by atoms with Gasteiger partial charge < -0.3 is 4.90 Å².